The van der Waals surface area contributed by atoms with Crippen molar-refractivity contribution < 1.29 is 19.1 Å². The molecule has 0 N–H and O–H groups in total. The number of hydrogen-bond acceptors (Lipinski definition) is 9. The number of carbonyl (C=O) groups excluding carboxylic acids is 2. The third-order valence-electron chi connectivity index (χ3n) is 3.53. The Bertz CT molecular complexity index is 938. The van der Waals surface area contributed by atoms with E-state index in [1.165, 1.54) is 22.7 Å². The first-order chi connectivity index (χ1) is 14.1. The average Bonchev–Trinajstić information content (AvgIpc) is 3.45. The van der Waals surface area contributed by atoms with Crippen LogP contribution in [0.25, 0.3) is 0 Å². The molecule has 0 aliphatic heterocycles. The van der Waals surface area contributed by atoms with Gasteiger partial charge in [-0.15, -0.1) is 22.7 Å². The maximum absolute atomic E-state index is 12.7. The highest BCUT2D eigenvalue weighted by Gasteiger charge is 2.30. The number of carbonyl (C=O) groups is 2. The molecule has 0 aliphatic carbocycles. The lowest BCUT2D eigenvalue weighted by Crippen LogP contribution is -2.12. The Morgan fingerprint density at radius 2 is 1.31 bits per heavy atom. The first-order valence-corrected chi connectivity index (χ1v) is 11.4. The van der Waals surface area contributed by atoms with Crippen LogP contribution in [0.15, 0.2) is 45.0 Å². The van der Waals surface area contributed by atoms with Crippen LogP contribution in [-0.4, -0.2) is 37.6 Å². The number of rotatable bonds is 8. The second-order valence-corrected chi connectivity index (χ2v) is 8.39. The highest BCUT2D eigenvalue weighted by molar-refractivity contribution is 7.20. The van der Waals surface area contributed by atoms with E-state index in [0.717, 1.165) is 21.1 Å². The Labute approximate surface area is 180 Å². The molecule has 9 heteroatoms. The molecule has 0 radical (unpaired) electrons. The van der Waals surface area contributed by atoms with Gasteiger partial charge in [-0.25, -0.2) is 19.6 Å². The molecule has 0 fully saturated rings. The molecule has 0 aliphatic rings. The van der Waals surface area contributed by atoms with E-state index in [4.69, 9.17) is 9.47 Å². The molecule has 3 heterocycles. The van der Waals surface area contributed by atoms with Crippen LogP contribution < -0.4 is 0 Å². The Kier molecular flexibility index (Phi) is 7.45. The lowest BCUT2D eigenvalue weighted by Gasteiger charge is -2.05. The zero-order valence-corrected chi connectivity index (χ0v) is 18.2. The number of nitrogens with zero attached hydrogens (tertiary/aromatic N) is 2. The van der Waals surface area contributed by atoms with Gasteiger partial charge in [0.2, 0.25) is 0 Å². The van der Waals surface area contributed by atoms with Gasteiger partial charge in [-0.2, -0.15) is 0 Å². The second kappa shape index (κ2) is 10.2. The van der Waals surface area contributed by atoms with Crippen molar-refractivity contribution in [3.8, 4) is 0 Å². The first-order valence-electron chi connectivity index (χ1n) is 8.80. The Morgan fingerprint density at radius 1 is 0.862 bits per heavy atom. The van der Waals surface area contributed by atoms with Crippen LogP contribution in [0, 0.1) is 0 Å². The summed E-state index contributed by atoms with van der Waals surface area (Å²) >= 11 is 4.19. The summed E-state index contributed by atoms with van der Waals surface area (Å²) in [5.41, 5.74) is 0.169. The van der Waals surface area contributed by atoms with Crippen LogP contribution in [0.4, 0.5) is 10.0 Å². The van der Waals surface area contributed by atoms with E-state index in [1.807, 2.05) is 35.0 Å². The summed E-state index contributed by atoms with van der Waals surface area (Å²) in [4.78, 5) is 36.1. The molecule has 6 nitrogen and oxygen atoms in total. The third kappa shape index (κ3) is 5.26. The summed E-state index contributed by atoms with van der Waals surface area (Å²) in [6.45, 7) is 3.77. The summed E-state index contributed by atoms with van der Waals surface area (Å²) in [5.74, 6) is -1.24. The van der Waals surface area contributed by atoms with Crippen LogP contribution in [-0.2, 0) is 9.47 Å². The standard InChI is InChI=1S/C20H18N2O4S3/c1-3-25-19(23)15-16(20(24)26-4-2)18(22-12-14-8-6-10-28-14)29-17(15)21-11-13-7-5-9-27-13/h5-12H,3-4H2,1-2H3. The van der Waals surface area contributed by atoms with Crippen molar-refractivity contribution in [3.63, 3.8) is 0 Å². The van der Waals surface area contributed by atoms with Crippen LogP contribution in [0.2, 0.25) is 0 Å². The van der Waals surface area contributed by atoms with Crippen LogP contribution >= 0.6 is 34.0 Å². The molecule has 3 aromatic heterocycles. The van der Waals surface area contributed by atoms with Gasteiger partial charge in [0.1, 0.15) is 21.1 Å². The summed E-state index contributed by atoms with van der Waals surface area (Å²) in [7, 11) is 0. The van der Waals surface area contributed by atoms with Crippen LogP contribution in [0.1, 0.15) is 44.3 Å². The van der Waals surface area contributed by atoms with Crippen molar-refractivity contribution >= 4 is 68.4 Å². The number of hydrogen-bond donors (Lipinski definition) is 0. The molecule has 3 aromatic rings. The summed E-state index contributed by atoms with van der Waals surface area (Å²) in [6.07, 6.45) is 3.31. The quantitative estimate of drug-likeness (QED) is 0.327. The van der Waals surface area contributed by atoms with Gasteiger partial charge in [-0.3, -0.25) is 0 Å². The minimum atomic E-state index is -0.622. The lowest BCUT2D eigenvalue weighted by molar-refractivity contribution is 0.0481. The first kappa shape index (κ1) is 21.1. The number of esters is 2. The van der Waals surface area contributed by atoms with Crippen molar-refractivity contribution in [2.45, 2.75) is 13.8 Å². The topological polar surface area (TPSA) is 77.3 Å². The van der Waals surface area contributed by atoms with Crippen molar-refractivity contribution in [3.05, 3.63) is 55.9 Å². The maximum atomic E-state index is 12.7. The number of thiophene rings is 3. The van der Waals surface area contributed by atoms with E-state index in [1.54, 1.807) is 26.3 Å². The van der Waals surface area contributed by atoms with Gasteiger partial charge in [-0.05, 0) is 36.7 Å². The molecule has 29 heavy (non-hydrogen) atoms. The van der Waals surface area contributed by atoms with Gasteiger partial charge in [0.05, 0.1) is 13.2 Å². The van der Waals surface area contributed by atoms with Crippen molar-refractivity contribution in [1.29, 1.82) is 0 Å². The Morgan fingerprint density at radius 3 is 1.66 bits per heavy atom. The van der Waals surface area contributed by atoms with E-state index < -0.39 is 11.9 Å². The molecule has 0 atom stereocenters. The smallest absolute Gasteiger partial charge is 0.342 e. The van der Waals surface area contributed by atoms with Gasteiger partial charge in [0.25, 0.3) is 0 Å². The van der Waals surface area contributed by atoms with Gasteiger partial charge in [-0.1, -0.05) is 23.5 Å². The van der Waals surface area contributed by atoms with Gasteiger partial charge >= 0.3 is 11.9 Å². The zero-order valence-electron chi connectivity index (χ0n) is 15.8. The van der Waals surface area contributed by atoms with E-state index >= 15 is 0 Å². The summed E-state index contributed by atoms with van der Waals surface area (Å²) < 4.78 is 10.4. The molecular weight excluding hydrogens is 428 g/mol. The molecule has 0 amide bonds. The van der Waals surface area contributed by atoms with Crippen molar-refractivity contribution in [2.75, 3.05) is 13.2 Å². The molecule has 150 valence electrons. The number of aliphatic imine (C=N–C) groups is 2. The van der Waals surface area contributed by atoms with E-state index in [9.17, 15) is 9.59 Å². The normalized spacial score (nSPS) is 11.4. The molecule has 3 rings (SSSR count). The van der Waals surface area contributed by atoms with Gasteiger partial charge in [0.15, 0.2) is 0 Å². The Hall–Kier alpha value is -2.62. The Balaban J connectivity index is 2.11. The molecule has 0 aromatic carbocycles. The molecule has 0 bridgehead atoms. The fraction of sp³-hybridized carbons (Fsp3) is 0.200. The minimum Gasteiger partial charge on any atom is -0.462 e. The van der Waals surface area contributed by atoms with E-state index in [-0.39, 0.29) is 24.3 Å². The molecule has 0 saturated carbocycles. The number of ether oxygens (including phenoxy) is 2. The molecule has 0 unspecified atom stereocenters. The van der Waals surface area contributed by atoms with Gasteiger partial charge < -0.3 is 9.47 Å². The maximum Gasteiger partial charge on any atom is 0.342 e. The fourth-order valence-corrected chi connectivity index (χ4v) is 4.49. The van der Waals surface area contributed by atoms with Crippen molar-refractivity contribution in [1.82, 2.24) is 0 Å². The second-order valence-electron chi connectivity index (χ2n) is 5.45. The molecular formula is C20H18N2O4S3. The predicted molar refractivity (Wildman–Crippen MR) is 119 cm³/mol. The highest BCUT2D eigenvalue weighted by atomic mass is 32.1. The fourth-order valence-electron chi connectivity index (χ4n) is 2.35. The lowest BCUT2D eigenvalue weighted by atomic mass is 10.1. The summed E-state index contributed by atoms with van der Waals surface area (Å²) in [5, 5.41) is 4.59. The minimum absolute atomic E-state index is 0.0847. The molecule has 0 spiro atoms. The monoisotopic (exact) mass is 446 g/mol. The largest absolute Gasteiger partial charge is 0.462 e. The third-order valence-corrected chi connectivity index (χ3v) is 6.15. The van der Waals surface area contributed by atoms with E-state index in [0.29, 0.717) is 10.0 Å². The molecule has 0 saturated heterocycles. The van der Waals surface area contributed by atoms with Crippen LogP contribution in [0.5, 0.6) is 0 Å². The predicted octanol–water partition coefficient (Wildman–Crippen LogP) is 5.73. The highest BCUT2D eigenvalue weighted by Crippen LogP contribution is 2.42. The van der Waals surface area contributed by atoms with E-state index in [2.05, 4.69) is 9.98 Å². The SMILES string of the molecule is CCOC(=O)c1c(N=Cc2cccs2)sc(N=Cc2cccs2)c1C(=O)OCC. The zero-order chi connectivity index (χ0) is 20.6. The summed E-state index contributed by atoms with van der Waals surface area (Å²) in [6, 6.07) is 7.64. The average molecular weight is 447 g/mol. The van der Waals surface area contributed by atoms with Crippen LogP contribution in [0.3, 0.4) is 0 Å². The van der Waals surface area contributed by atoms with Gasteiger partial charge in [0, 0.05) is 22.2 Å². The van der Waals surface area contributed by atoms with Crippen molar-refractivity contribution in [2.24, 2.45) is 9.98 Å².